The number of nitrogens with zero attached hydrogens (tertiary/aromatic N) is 1. The number of hydrogen-bond acceptors (Lipinski definition) is 3. The highest BCUT2D eigenvalue weighted by atomic mass is 35.5. The average Bonchev–Trinajstić information content (AvgIpc) is 2.38. The molecular weight excluding hydrogens is 272 g/mol. The third-order valence-corrected chi connectivity index (χ3v) is 3.91. The molecule has 0 aliphatic rings. The van der Waals surface area contributed by atoms with Crippen molar-refractivity contribution in [1.82, 2.24) is 9.71 Å². The zero-order chi connectivity index (χ0) is 13.0. The third kappa shape index (κ3) is 3.29. The van der Waals surface area contributed by atoms with E-state index in [1.807, 2.05) is 0 Å². The van der Waals surface area contributed by atoms with E-state index in [4.69, 9.17) is 11.6 Å². The molecule has 0 atom stereocenters. The Morgan fingerprint density at radius 3 is 2.67 bits per heavy atom. The highest BCUT2D eigenvalue weighted by molar-refractivity contribution is 7.89. The van der Waals surface area contributed by atoms with Crippen LogP contribution in [-0.2, 0) is 16.6 Å². The summed E-state index contributed by atoms with van der Waals surface area (Å²) in [5.41, 5.74) is 0.656. The van der Waals surface area contributed by atoms with E-state index in [1.165, 1.54) is 12.1 Å². The SMILES string of the molecule is O=S(=O)(NCc1ccccn1)c1cccc(Cl)c1. The molecular formula is C12H11ClN2O2S. The molecule has 1 aromatic carbocycles. The summed E-state index contributed by atoms with van der Waals surface area (Å²) >= 11 is 5.76. The fourth-order valence-electron chi connectivity index (χ4n) is 1.39. The third-order valence-electron chi connectivity index (χ3n) is 2.28. The lowest BCUT2D eigenvalue weighted by Crippen LogP contribution is -2.23. The maximum absolute atomic E-state index is 12.0. The monoisotopic (exact) mass is 282 g/mol. The minimum Gasteiger partial charge on any atom is -0.260 e. The molecule has 18 heavy (non-hydrogen) atoms. The molecule has 0 aliphatic heterocycles. The van der Waals surface area contributed by atoms with Gasteiger partial charge in [-0.25, -0.2) is 13.1 Å². The van der Waals surface area contributed by atoms with Gasteiger partial charge in [-0.05, 0) is 30.3 Å². The molecule has 1 N–H and O–H groups in total. The Morgan fingerprint density at radius 1 is 1.17 bits per heavy atom. The number of sulfonamides is 1. The van der Waals surface area contributed by atoms with Gasteiger partial charge in [0.05, 0.1) is 17.1 Å². The van der Waals surface area contributed by atoms with Crippen LogP contribution in [0.15, 0.2) is 53.6 Å². The maximum atomic E-state index is 12.0. The van der Waals surface area contributed by atoms with Gasteiger partial charge in [-0.2, -0.15) is 0 Å². The van der Waals surface area contributed by atoms with Crippen molar-refractivity contribution < 1.29 is 8.42 Å². The van der Waals surface area contributed by atoms with Gasteiger partial charge in [-0.3, -0.25) is 4.98 Å². The lowest BCUT2D eigenvalue weighted by Gasteiger charge is -2.06. The minimum atomic E-state index is -3.56. The van der Waals surface area contributed by atoms with Crippen LogP contribution in [0.3, 0.4) is 0 Å². The quantitative estimate of drug-likeness (QED) is 0.935. The Kier molecular flexibility index (Phi) is 3.96. The molecule has 2 rings (SSSR count). The molecule has 0 unspecified atom stereocenters. The minimum absolute atomic E-state index is 0.144. The molecule has 2 aromatic rings. The van der Waals surface area contributed by atoms with E-state index in [9.17, 15) is 8.42 Å². The largest absolute Gasteiger partial charge is 0.260 e. The van der Waals surface area contributed by atoms with Gasteiger partial charge >= 0.3 is 0 Å². The molecule has 0 saturated carbocycles. The molecule has 0 bridgehead atoms. The van der Waals surface area contributed by atoms with E-state index in [0.717, 1.165) is 0 Å². The lowest BCUT2D eigenvalue weighted by molar-refractivity contribution is 0.580. The molecule has 4 nitrogen and oxygen atoms in total. The summed E-state index contributed by atoms with van der Waals surface area (Å²) in [6, 6.07) is 11.4. The van der Waals surface area contributed by atoms with Crippen LogP contribution in [0, 0.1) is 0 Å². The van der Waals surface area contributed by atoms with Gasteiger partial charge in [0.2, 0.25) is 10.0 Å². The van der Waals surface area contributed by atoms with E-state index in [0.29, 0.717) is 10.7 Å². The summed E-state index contributed by atoms with van der Waals surface area (Å²) in [4.78, 5) is 4.18. The van der Waals surface area contributed by atoms with Gasteiger partial charge in [-0.1, -0.05) is 23.7 Å². The molecule has 0 amide bonds. The van der Waals surface area contributed by atoms with Gasteiger partial charge in [0.1, 0.15) is 0 Å². The first-order valence-electron chi connectivity index (χ1n) is 5.23. The normalized spacial score (nSPS) is 11.4. The number of nitrogens with one attached hydrogen (secondary N) is 1. The second kappa shape index (κ2) is 5.48. The van der Waals surface area contributed by atoms with E-state index in [2.05, 4.69) is 9.71 Å². The molecule has 94 valence electrons. The smallest absolute Gasteiger partial charge is 0.240 e. The molecule has 1 aromatic heterocycles. The van der Waals surface area contributed by atoms with Gasteiger partial charge in [-0.15, -0.1) is 0 Å². The van der Waals surface area contributed by atoms with Crippen molar-refractivity contribution in [3.63, 3.8) is 0 Å². The zero-order valence-corrected chi connectivity index (χ0v) is 10.9. The summed E-state index contributed by atoms with van der Waals surface area (Å²) < 4.78 is 26.4. The Balaban J connectivity index is 2.13. The number of aromatic nitrogens is 1. The maximum Gasteiger partial charge on any atom is 0.240 e. The second-order valence-corrected chi connectivity index (χ2v) is 5.81. The molecule has 1 heterocycles. The summed E-state index contributed by atoms with van der Waals surface area (Å²) in [7, 11) is -3.56. The van der Waals surface area contributed by atoms with Gasteiger partial charge < -0.3 is 0 Å². The predicted molar refractivity (Wildman–Crippen MR) is 69.7 cm³/mol. The molecule has 0 radical (unpaired) electrons. The zero-order valence-electron chi connectivity index (χ0n) is 9.38. The topological polar surface area (TPSA) is 59.1 Å². The van der Waals surface area contributed by atoms with Crippen LogP contribution in [0.25, 0.3) is 0 Å². The number of pyridine rings is 1. The first-order chi connectivity index (χ1) is 8.58. The van der Waals surface area contributed by atoms with Crippen LogP contribution >= 0.6 is 11.6 Å². The van der Waals surface area contributed by atoms with E-state index in [-0.39, 0.29) is 11.4 Å². The van der Waals surface area contributed by atoms with Crippen molar-refractivity contribution in [1.29, 1.82) is 0 Å². The average molecular weight is 283 g/mol. The highest BCUT2D eigenvalue weighted by Crippen LogP contribution is 2.15. The van der Waals surface area contributed by atoms with E-state index >= 15 is 0 Å². The van der Waals surface area contributed by atoms with E-state index < -0.39 is 10.0 Å². The van der Waals surface area contributed by atoms with Crippen LogP contribution in [0.5, 0.6) is 0 Å². The molecule has 0 saturated heterocycles. The van der Waals surface area contributed by atoms with Gasteiger partial charge in [0.15, 0.2) is 0 Å². The Labute approximate surface area is 111 Å². The summed E-state index contributed by atoms with van der Waals surface area (Å²) in [6.45, 7) is 0.148. The summed E-state index contributed by atoms with van der Waals surface area (Å²) in [6.07, 6.45) is 1.61. The number of benzene rings is 1. The standard InChI is InChI=1S/C12H11ClN2O2S/c13-10-4-3-6-12(8-10)18(16,17)15-9-11-5-1-2-7-14-11/h1-8,15H,9H2. The Morgan fingerprint density at radius 2 is 2.00 bits per heavy atom. The first kappa shape index (κ1) is 13.0. The summed E-state index contributed by atoms with van der Waals surface area (Å²) in [5, 5.41) is 0.385. The molecule has 0 aliphatic carbocycles. The van der Waals surface area contributed by atoms with Crippen LogP contribution < -0.4 is 4.72 Å². The van der Waals surface area contributed by atoms with Crippen LogP contribution in [0.1, 0.15) is 5.69 Å². The van der Waals surface area contributed by atoms with Crippen LogP contribution in [-0.4, -0.2) is 13.4 Å². The van der Waals surface area contributed by atoms with Crippen molar-refractivity contribution in [3.8, 4) is 0 Å². The predicted octanol–water partition coefficient (Wildman–Crippen LogP) is 2.21. The Bertz CT molecular complexity index is 630. The number of hydrogen-bond donors (Lipinski definition) is 1. The van der Waals surface area contributed by atoms with Crippen LogP contribution in [0.2, 0.25) is 5.02 Å². The fourth-order valence-corrected chi connectivity index (χ4v) is 2.69. The highest BCUT2D eigenvalue weighted by Gasteiger charge is 2.13. The van der Waals surface area contributed by atoms with E-state index in [1.54, 1.807) is 36.5 Å². The second-order valence-electron chi connectivity index (χ2n) is 3.60. The first-order valence-corrected chi connectivity index (χ1v) is 7.09. The van der Waals surface area contributed by atoms with Crippen molar-refractivity contribution in [2.45, 2.75) is 11.4 Å². The number of halogens is 1. The van der Waals surface area contributed by atoms with Gasteiger partial charge in [0.25, 0.3) is 0 Å². The lowest BCUT2D eigenvalue weighted by atomic mass is 10.4. The fraction of sp³-hybridized carbons (Fsp3) is 0.0833. The van der Waals surface area contributed by atoms with Crippen LogP contribution in [0.4, 0.5) is 0 Å². The van der Waals surface area contributed by atoms with Gasteiger partial charge in [0, 0.05) is 11.2 Å². The molecule has 0 spiro atoms. The summed E-state index contributed by atoms with van der Waals surface area (Å²) in [5.74, 6) is 0. The van der Waals surface area contributed by atoms with Crippen molar-refractivity contribution >= 4 is 21.6 Å². The van der Waals surface area contributed by atoms with Crippen molar-refractivity contribution in [3.05, 3.63) is 59.4 Å². The van der Waals surface area contributed by atoms with Crippen molar-refractivity contribution in [2.24, 2.45) is 0 Å². The Hall–Kier alpha value is -1.43. The number of rotatable bonds is 4. The molecule has 6 heteroatoms. The molecule has 0 fully saturated rings. The van der Waals surface area contributed by atoms with Crippen molar-refractivity contribution in [2.75, 3.05) is 0 Å².